The van der Waals surface area contributed by atoms with Gasteiger partial charge >= 0.3 is 0 Å². The lowest BCUT2D eigenvalue weighted by Crippen LogP contribution is -2.27. The maximum absolute atomic E-state index is 13.9. The number of aryl methyl sites for hydroxylation is 1. The molecule has 1 fully saturated rings. The van der Waals surface area contributed by atoms with Gasteiger partial charge in [-0.25, -0.2) is 9.50 Å². The van der Waals surface area contributed by atoms with E-state index in [0.717, 1.165) is 47.5 Å². The summed E-state index contributed by atoms with van der Waals surface area (Å²) in [6, 6.07) is 5.77. The summed E-state index contributed by atoms with van der Waals surface area (Å²) >= 11 is 1.37. The zero-order valence-corrected chi connectivity index (χ0v) is 21.0. The molecule has 0 saturated heterocycles. The molecule has 2 N–H and O–H groups in total. The highest BCUT2D eigenvalue weighted by Crippen LogP contribution is 2.38. The third-order valence-corrected chi connectivity index (χ3v) is 10.1. The van der Waals surface area contributed by atoms with Gasteiger partial charge in [0.05, 0.1) is 29.5 Å². The molecular formula is C23H33N3O4S2. The number of nitrogens with zero attached hydrogens (tertiary/aromatic N) is 3. The fourth-order valence-corrected chi connectivity index (χ4v) is 8.09. The Morgan fingerprint density at radius 2 is 1.97 bits per heavy atom. The van der Waals surface area contributed by atoms with Crippen molar-refractivity contribution in [3.63, 3.8) is 0 Å². The van der Waals surface area contributed by atoms with Gasteiger partial charge in [0, 0.05) is 11.3 Å². The van der Waals surface area contributed by atoms with Crippen LogP contribution in [0.15, 0.2) is 23.1 Å². The van der Waals surface area contributed by atoms with E-state index in [4.69, 9.17) is 4.74 Å². The number of hydrogen-bond acceptors (Lipinski definition) is 7. The van der Waals surface area contributed by atoms with Crippen molar-refractivity contribution < 1.29 is 19.2 Å². The minimum Gasteiger partial charge on any atom is -0.496 e. The van der Waals surface area contributed by atoms with Crippen molar-refractivity contribution in [3.8, 4) is 17.0 Å². The van der Waals surface area contributed by atoms with E-state index in [1.807, 2.05) is 31.4 Å². The molecule has 4 rings (SSSR count). The monoisotopic (exact) mass is 479 g/mol. The highest BCUT2D eigenvalue weighted by Gasteiger charge is 2.28. The van der Waals surface area contributed by atoms with Crippen LogP contribution in [-0.2, 0) is 15.5 Å². The maximum Gasteiger partial charge on any atom is 0.213 e. The van der Waals surface area contributed by atoms with Crippen molar-refractivity contribution in [1.82, 2.24) is 14.6 Å². The summed E-state index contributed by atoms with van der Waals surface area (Å²) in [5, 5.41) is 25.4. The Labute approximate surface area is 193 Å². The molecule has 0 unspecified atom stereocenters. The number of rotatable bonds is 6. The lowest BCUT2D eigenvalue weighted by molar-refractivity contribution is 0.0773. The number of benzene rings is 1. The van der Waals surface area contributed by atoms with Gasteiger partial charge in [-0.1, -0.05) is 21.3 Å². The number of imidazole rings is 1. The van der Waals surface area contributed by atoms with Crippen LogP contribution in [0, 0.1) is 12.8 Å². The van der Waals surface area contributed by atoms with E-state index < -0.39 is 15.5 Å². The Kier molecular flexibility index (Phi) is 6.21. The fraction of sp³-hybridized carbons (Fsp3) is 0.565. The molecule has 7 nitrogen and oxygen atoms in total. The van der Waals surface area contributed by atoms with Crippen molar-refractivity contribution >= 4 is 26.2 Å². The third-order valence-electron chi connectivity index (χ3n) is 6.29. The topological polar surface area (TPSA) is 97.0 Å². The van der Waals surface area contributed by atoms with Crippen molar-refractivity contribution in [2.75, 3.05) is 19.1 Å². The average molecular weight is 480 g/mol. The number of aliphatic hydroxyl groups is 2. The van der Waals surface area contributed by atoms with Crippen LogP contribution < -0.4 is 4.74 Å². The van der Waals surface area contributed by atoms with Gasteiger partial charge in [0.2, 0.25) is 4.96 Å². The van der Waals surface area contributed by atoms with Crippen LogP contribution in [-0.4, -0.2) is 54.2 Å². The number of aliphatic hydroxyl groups excluding tert-OH is 1. The summed E-state index contributed by atoms with van der Waals surface area (Å²) in [5.74, 6) is 1.59. The van der Waals surface area contributed by atoms with E-state index in [1.54, 1.807) is 25.5 Å². The van der Waals surface area contributed by atoms with Gasteiger partial charge in [-0.15, -0.1) is 0 Å². The number of thiol groups is 1. The molecule has 1 saturated carbocycles. The van der Waals surface area contributed by atoms with Crippen LogP contribution in [0.1, 0.15) is 50.2 Å². The van der Waals surface area contributed by atoms with E-state index >= 15 is 0 Å². The Morgan fingerprint density at radius 3 is 2.59 bits per heavy atom. The molecule has 0 radical (unpaired) electrons. The third kappa shape index (κ3) is 4.48. The second kappa shape index (κ2) is 8.52. The van der Waals surface area contributed by atoms with Crippen LogP contribution in [0.4, 0.5) is 0 Å². The molecule has 176 valence electrons. The molecule has 1 aromatic carbocycles. The number of methoxy groups -OCH3 is 1. The van der Waals surface area contributed by atoms with Crippen molar-refractivity contribution in [3.05, 3.63) is 28.9 Å². The van der Waals surface area contributed by atoms with E-state index in [9.17, 15) is 14.4 Å². The van der Waals surface area contributed by atoms with Crippen LogP contribution in [0.25, 0.3) is 16.2 Å². The minimum absolute atomic E-state index is 0.223. The van der Waals surface area contributed by atoms with Gasteiger partial charge in [0.15, 0.2) is 0 Å². The van der Waals surface area contributed by atoms with Crippen LogP contribution in [0.3, 0.4) is 0 Å². The first-order valence-electron chi connectivity index (χ1n) is 11.0. The minimum atomic E-state index is -2.71. The van der Waals surface area contributed by atoms with Gasteiger partial charge in [0.25, 0.3) is 0 Å². The predicted octanol–water partition coefficient (Wildman–Crippen LogP) is 3.56. The zero-order chi connectivity index (χ0) is 23.3. The first-order valence-corrected chi connectivity index (χ1v) is 14.2. The molecule has 0 amide bonds. The molecule has 32 heavy (non-hydrogen) atoms. The molecule has 1 aliphatic carbocycles. The van der Waals surface area contributed by atoms with E-state index in [1.165, 1.54) is 11.3 Å². The molecule has 9 heteroatoms. The normalized spacial score (nSPS) is 20.6. The average Bonchev–Trinajstić information content (AvgIpc) is 3.26. The lowest BCUT2D eigenvalue weighted by atomic mass is 9.89. The standard InChI is InChI=1S/C23H33N3O4S2/c1-14-20(26-22(24-14)31-21(25-26)23(2,3)28)16-8-11-18(30-4)19(12-16)32(5,29)13-15-6-9-17(27)10-7-15/h8,11-12,15,17,27-28,32H,6-7,9-10,13H2,1-5H3/t15-,17+. The summed E-state index contributed by atoms with van der Waals surface area (Å²) in [7, 11) is -1.10. The summed E-state index contributed by atoms with van der Waals surface area (Å²) in [6.45, 7) is 5.35. The first kappa shape index (κ1) is 23.4. The lowest BCUT2D eigenvalue weighted by Gasteiger charge is -2.31. The fourth-order valence-electron chi connectivity index (χ4n) is 4.55. The molecule has 0 bridgehead atoms. The molecular weight excluding hydrogens is 446 g/mol. The predicted molar refractivity (Wildman–Crippen MR) is 129 cm³/mol. The highest BCUT2D eigenvalue weighted by atomic mass is 32.2. The number of hydrogen-bond donors (Lipinski definition) is 3. The first-order chi connectivity index (χ1) is 15.0. The second-order valence-electron chi connectivity index (χ2n) is 9.55. The van der Waals surface area contributed by atoms with Crippen molar-refractivity contribution in [2.24, 2.45) is 5.92 Å². The Morgan fingerprint density at radius 1 is 1.28 bits per heavy atom. The molecule has 0 spiro atoms. The van der Waals surface area contributed by atoms with Crippen molar-refractivity contribution in [2.45, 2.75) is 63.1 Å². The summed E-state index contributed by atoms with van der Waals surface area (Å²) in [4.78, 5) is 6.09. The maximum atomic E-state index is 13.9. The van der Waals surface area contributed by atoms with Crippen LogP contribution in [0.2, 0.25) is 0 Å². The summed E-state index contributed by atoms with van der Waals surface area (Å²) < 4.78 is 21.3. The van der Waals surface area contributed by atoms with Gasteiger partial charge in [0.1, 0.15) is 16.4 Å². The Bertz CT molecular complexity index is 1170. The van der Waals surface area contributed by atoms with E-state index in [0.29, 0.717) is 27.4 Å². The van der Waals surface area contributed by atoms with Crippen LogP contribution >= 0.6 is 11.3 Å². The smallest absolute Gasteiger partial charge is 0.213 e. The Balaban J connectivity index is 1.74. The van der Waals surface area contributed by atoms with E-state index in [2.05, 4.69) is 10.1 Å². The molecule has 1 aliphatic rings. The zero-order valence-electron chi connectivity index (χ0n) is 19.3. The van der Waals surface area contributed by atoms with Gasteiger partial charge < -0.3 is 14.9 Å². The summed E-state index contributed by atoms with van der Waals surface area (Å²) in [5.41, 5.74) is 1.49. The largest absolute Gasteiger partial charge is 0.496 e. The number of ether oxygens (including phenoxy) is 1. The summed E-state index contributed by atoms with van der Waals surface area (Å²) in [6.07, 6.45) is 4.99. The molecule has 0 atom stereocenters. The highest BCUT2D eigenvalue weighted by molar-refractivity contribution is 8.02. The van der Waals surface area contributed by atoms with Crippen molar-refractivity contribution in [1.29, 1.82) is 0 Å². The van der Waals surface area contributed by atoms with E-state index in [-0.39, 0.29) is 6.10 Å². The second-order valence-corrected chi connectivity index (χ2v) is 13.6. The molecule has 3 aromatic rings. The number of fused-ring (bicyclic) bond motifs is 1. The van der Waals surface area contributed by atoms with Crippen LogP contribution in [0.5, 0.6) is 5.75 Å². The SMILES string of the molecule is COc1ccc(-c2c(C)nc3sc(C(C)(C)O)nn23)cc1[SH](C)(=O)C[C@H]1CC[C@@H](O)CC1. The Hall–Kier alpha value is -1.81. The molecule has 0 aliphatic heterocycles. The number of aromatic nitrogens is 3. The van der Waals surface area contributed by atoms with Gasteiger partial charge in [-0.2, -0.15) is 5.10 Å². The van der Waals surface area contributed by atoms with Gasteiger partial charge in [-0.3, -0.25) is 4.21 Å². The quantitative estimate of drug-likeness (QED) is 0.468. The molecule has 2 heterocycles. The molecule has 2 aromatic heterocycles. The van der Waals surface area contributed by atoms with Gasteiger partial charge in [-0.05, 0) is 76.8 Å².